The highest BCUT2D eigenvalue weighted by Gasteiger charge is 1.88. The Labute approximate surface area is 85.7 Å². The fourth-order valence-corrected chi connectivity index (χ4v) is 1.15. The van der Waals surface area contributed by atoms with Gasteiger partial charge >= 0.3 is 0 Å². The molecule has 0 saturated heterocycles. The lowest BCUT2D eigenvalue weighted by Gasteiger charge is -2.01. The summed E-state index contributed by atoms with van der Waals surface area (Å²) in [7, 11) is 0. The molecule has 0 fully saturated rings. The summed E-state index contributed by atoms with van der Waals surface area (Å²) in [5.41, 5.74) is 2.32. The van der Waals surface area contributed by atoms with Crippen LogP contribution >= 0.6 is 0 Å². The summed E-state index contributed by atoms with van der Waals surface area (Å²) >= 11 is 0. The molecule has 74 valence electrons. The molecule has 1 nitrogen and oxygen atoms in total. The zero-order chi connectivity index (χ0) is 10.2. The summed E-state index contributed by atoms with van der Waals surface area (Å²) in [5.74, 6) is 0. The molecule has 0 aromatic heterocycles. The van der Waals surface area contributed by atoms with Crippen LogP contribution in [0, 0.1) is 0 Å². The van der Waals surface area contributed by atoms with E-state index in [2.05, 4.69) is 12.1 Å². The fraction of sp³-hybridized carbons (Fsp3) is 0.231. The molecular formula is C13H16O. The highest BCUT2D eigenvalue weighted by Crippen LogP contribution is 2.02. The van der Waals surface area contributed by atoms with Crippen molar-refractivity contribution in [2.45, 2.75) is 20.5 Å². The van der Waals surface area contributed by atoms with Gasteiger partial charge in [0.25, 0.3) is 0 Å². The molecule has 0 N–H and O–H groups in total. The third kappa shape index (κ3) is 3.94. The van der Waals surface area contributed by atoms with Crippen LogP contribution in [0.5, 0.6) is 0 Å². The first-order valence-electron chi connectivity index (χ1n) is 4.78. The summed E-state index contributed by atoms with van der Waals surface area (Å²) in [6, 6.07) is 10.1. The smallest absolute Gasteiger partial charge is 0.112 e. The molecule has 0 radical (unpaired) electrons. The van der Waals surface area contributed by atoms with Gasteiger partial charge in [-0.2, -0.15) is 0 Å². The minimum absolute atomic E-state index is 0.635. The quantitative estimate of drug-likeness (QED) is 0.517. The normalized spacial score (nSPS) is 12.0. The second kappa shape index (κ2) is 6.03. The molecule has 0 heterocycles. The highest BCUT2D eigenvalue weighted by atomic mass is 16.5. The molecule has 14 heavy (non-hydrogen) atoms. The van der Waals surface area contributed by atoms with Crippen molar-refractivity contribution < 1.29 is 4.74 Å². The summed E-state index contributed by atoms with van der Waals surface area (Å²) < 4.78 is 5.42. The van der Waals surface area contributed by atoms with E-state index in [-0.39, 0.29) is 0 Å². The number of hydrogen-bond donors (Lipinski definition) is 0. The zero-order valence-electron chi connectivity index (χ0n) is 8.73. The Morgan fingerprint density at radius 3 is 2.64 bits per heavy atom. The van der Waals surface area contributed by atoms with Crippen molar-refractivity contribution in [3.63, 3.8) is 0 Å². The lowest BCUT2D eigenvalue weighted by molar-refractivity contribution is 0.234. The van der Waals surface area contributed by atoms with E-state index in [9.17, 15) is 0 Å². The largest absolute Gasteiger partial charge is 0.496 e. The molecule has 0 saturated carbocycles. The maximum absolute atomic E-state index is 5.42. The van der Waals surface area contributed by atoms with Crippen molar-refractivity contribution in [2.75, 3.05) is 0 Å². The molecule has 0 aliphatic carbocycles. The minimum atomic E-state index is 0.635. The number of rotatable bonds is 4. The topological polar surface area (TPSA) is 9.23 Å². The Balaban J connectivity index is 2.39. The van der Waals surface area contributed by atoms with Crippen LogP contribution < -0.4 is 0 Å². The van der Waals surface area contributed by atoms with Crippen molar-refractivity contribution in [1.29, 1.82) is 0 Å². The molecular weight excluding hydrogens is 172 g/mol. The Kier molecular flexibility index (Phi) is 4.56. The van der Waals surface area contributed by atoms with Crippen molar-refractivity contribution in [1.82, 2.24) is 0 Å². The van der Waals surface area contributed by atoms with Gasteiger partial charge in [0.1, 0.15) is 6.61 Å². The lowest BCUT2D eigenvalue weighted by atomic mass is 10.2. The van der Waals surface area contributed by atoms with Crippen LogP contribution in [-0.2, 0) is 11.3 Å². The second-order valence-corrected chi connectivity index (χ2v) is 3.16. The van der Waals surface area contributed by atoms with Gasteiger partial charge in [-0.3, -0.25) is 0 Å². The predicted molar refractivity (Wildman–Crippen MR) is 59.8 cm³/mol. The van der Waals surface area contributed by atoms with Crippen LogP contribution in [0.25, 0.3) is 0 Å². The second-order valence-electron chi connectivity index (χ2n) is 3.16. The van der Waals surface area contributed by atoms with Crippen molar-refractivity contribution >= 4 is 0 Å². The standard InChI is InChI=1S/C13H16O/c1-3-7-12(2)10-14-11-13-8-5-4-6-9-13/h3-10H,11H2,1-2H3/b7-3+,12-10+. The van der Waals surface area contributed by atoms with E-state index >= 15 is 0 Å². The van der Waals surface area contributed by atoms with Gasteiger partial charge in [0.05, 0.1) is 6.26 Å². The molecule has 0 unspecified atom stereocenters. The van der Waals surface area contributed by atoms with E-state index in [0.29, 0.717) is 6.61 Å². The van der Waals surface area contributed by atoms with Crippen LogP contribution in [0.2, 0.25) is 0 Å². The molecule has 0 amide bonds. The molecule has 1 aromatic rings. The first-order valence-corrected chi connectivity index (χ1v) is 4.78. The van der Waals surface area contributed by atoms with Gasteiger partial charge in [-0.15, -0.1) is 0 Å². The van der Waals surface area contributed by atoms with Gasteiger partial charge in [0.2, 0.25) is 0 Å². The average molecular weight is 188 g/mol. The van der Waals surface area contributed by atoms with E-state index < -0.39 is 0 Å². The van der Waals surface area contributed by atoms with Crippen molar-refractivity contribution in [3.8, 4) is 0 Å². The Hall–Kier alpha value is -1.50. The van der Waals surface area contributed by atoms with Crippen LogP contribution in [0.1, 0.15) is 19.4 Å². The lowest BCUT2D eigenvalue weighted by Crippen LogP contribution is -1.85. The first-order chi connectivity index (χ1) is 6.83. The third-order valence-electron chi connectivity index (χ3n) is 1.79. The third-order valence-corrected chi connectivity index (χ3v) is 1.79. The summed E-state index contributed by atoms with van der Waals surface area (Å²) in [5, 5.41) is 0. The van der Waals surface area contributed by atoms with Gasteiger partial charge in [-0.05, 0) is 25.0 Å². The van der Waals surface area contributed by atoms with E-state index in [4.69, 9.17) is 4.74 Å². The van der Waals surface area contributed by atoms with Gasteiger partial charge in [0.15, 0.2) is 0 Å². The summed E-state index contributed by atoms with van der Waals surface area (Å²) in [6.45, 7) is 4.65. The first kappa shape index (κ1) is 10.6. The van der Waals surface area contributed by atoms with E-state index in [1.807, 2.05) is 44.2 Å². The van der Waals surface area contributed by atoms with Crippen LogP contribution in [0.15, 0.2) is 54.3 Å². The Morgan fingerprint density at radius 2 is 2.00 bits per heavy atom. The molecule has 0 aliphatic heterocycles. The minimum Gasteiger partial charge on any atom is -0.496 e. The van der Waals surface area contributed by atoms with Crippen LogP contribution in [0.4, 0.5) is 0 Å². The van der Waals surface area contributed by atoms with Crippen LogP contribution in [-0.4, -0.2) is 0 Å². The molecule has 0 atom stereocenters. The van der Waals surface area contributed by atoms with Crippen LogP contribution in [0.3, 0.4) is 0 Å². The Morgan fingerprint density at radius 1 is 1.29 bits per heavy atom. The zero-order valence-corrected chi connectivity index (χ0v) is 8.73. The Bertz CT molecular complexity index is 309. The molecule has 0 bridgehead atoms. The monoisotopic (exact) mass is 188 g/mol. The number of hydrogen-bond acceptors (Lipinski definition) is 1. The van der Waals surface area contributed by atoms with E-state index in [1.165, 1.54) is 5.56 Å². The summed E-state index contributed by atoms with van der Waals surface area (Å²) in [4.78, 5) is 0. The average Bonchev–Trinajstić information content (AvgIpc) is 2.20. The van der Waals surface area contributed by atoms with Gasteiger partial charge < -0.3 is 4.74 Å². The molecule has 1 heteroatoms. The van der Waals surface area contributed by atoms with Crippen molar-refractivity contribution in [2.24, 2.45) is 0 Å². The number of ether oxygens (including phenoxy) is 1. The van der Waals surface area contributed by atoms with Crippen molar-refractivity contribution in [3.05, 3.63) is 59.9 Å². The van der Waals surface area contributed by atoms with Gasteiger partial charge in [0, 0.05) is 0 Å². The molecule has 1 rings (SSSR count). The highest BCUT2D eigenvalue weighted by molar-refractivity contribution is 5.15. The van der Waals surface area contributed by atoms with E-state index in [1.54, 1.807) is 6.26 Å². The predicted octanol–water partition coefficient (Wildman–Crippen LogP) is 3.68. The molecule has 0 aliphatic rings. The molecule has 1 aromatic carbocycles. The molecule has 0 spiro atoms. The van der Waals surface area contributed by atoms with E-state index in [0.717, 1.165) is 5.57 Å². The van der Waals surface area contributed by atoms with Gasteiger partial charge in [-0.25, -0.2) is 0 Å². The van der Waals surface area contributed by atoms with Gasteiger partial charge in [-0.1, -0.05) is 42.5 Å². The maximum Gasteiger partial charge on any atom is 0.112 e. The fourth-order valence-electron chi connectivity index (χ4n) is 1.15. The number of allylic oxidation sites excluding steroid dienone is 3. The summed E-state index contributed by atoms with van der Waals surface area (Å²) in [6.07, 6.45) is 5.80. The number of benzene rings is 1. The maximum atomic E-state index is 5.42. The SMILES string of the molecule is C/C=C/C(C)=C/OCc1ccccc1.